The highest BCUT2D eigenvalue weighted by molar-refractivity contribution is 7.89. The van der Waals surface area contributed by atoms with Gasteiger partial charge in [0.15, 0.2) is 11.6 Å². The second kappa shape index (κ2) is 6.39. The van der Waals surface area contributed by atoms with Crippen LogP contribution in [0.25, 0.3) is 0 Å². The predicted octanol–water partition coefficient (Wildman–Crippen LogP) is 2.04. The monoisotopic (exact) mass is 344 g/mol. The fourth-order valence-electron chi connectivity index (χ4n) is 1.69. The van der Waals surface area contributed by atoms with Crippen LogP contribution in [0.2, 0.25) is 0 Å². The highest BCUT2D eigenvalue weighted by Gasteiger charge is 2.26. The Bertz CT molecular complexity index is 855. The van der Waals surface area contributed by atoms with E-state index in [-0.39, 0.29) is 5.56 Å². The van der Waals surface area contributed by atoms with E-state index in [2.05, 4.69) is 0 Å². The molecule has 9 heteroatoms. The summed E-state index contributed by atoms with van der Waals surface area (Å²) in [4.78, 5) is 12.1. The molecule has 122 valence electrons. The molecule has 1 amide bonds. The number of nitrogens with one attached hydrogen (secondary N) is 2. The Labute approximate surface area is 130 Å². The number of amides is 1. The highest BCUT2D eigenvalue weighted by Crippen LogP contribution is 2.22. The van der Waals surface area contributed by atoms with Gasteiger partial charge < -0.3 is 0 Å². The average molecular weight is 344 g/mol. The van der Waals surface area contributed by atoms with Crippen LogP contribution in [0.15, 0.2) is 41.3 Å². The molecule has 0 aromatic heterocycles. The van der Waals surface area contributed by atoms with Crippen molar-refractivity contribution in [1.29, 1.82) is 0 Å². The van der Waals surface area contributed by atoms with E-state index in [9.17, 15) is 26.4 Å². The van der Waals surface area contributed by atoms with Gasteiger partial charge in [-0.1, -0.05) is 18.2 Å². The molecule has 0 bridgehead atoms. The summed E-state index contributed by atoms with van der Waals surface area (Å²) in [6.45, 7) is 0.967. The van der Waals surface area contributed by atoms with Gasteiger partial charge in [0.2, 0.25) is 0 Å². The van der Waals surface area contributed by atoms with Crippen LogP contribution in [0.1, 0.15) is 15.9 Å². The number of rotatable bonds is 4. The minimum Gasteiger partial charge on any atom is -0.273 e. The van der Waals surface area contributed by atoms with Crippen LogP contribution in [0.5, 0.6) is 0 Å². The molecule has 23 heavy (non-hydrogen) atoms. The molecule has 0 fully saturated rings. The molecule has 0 saturated carbocycles. The van der Waals surface area contributed by atoms with Crippen molar-refractivity contribution in [3.63, 3.8) is 0 Å². The van der Waals surface area contributed by atoms with E-state index in [1.54, 1.807) is 23.0 Å². The van der Waals surface area contributed by atoms with Gasteiger partial charge >= 0.3 is 0 Å². The Morgan fingerprint density at radius 2 is 1.65 bits per heavy atom. The highest BCUT2D eigenvalue weighted by atomic mass is 32.2. The van der Waals surface area contributed by atoms with Crippen molar-refractivity contribution < 1.29 is 26.4 Å². The van der Waals surface area contributed by atoms with Gasteiger partial charge in [0, 0.05) is 11.1 Å². The maximum Gasteiger partial charge on any atom is 0.266 e. The number of sulfonamides is 1. The fourth-order valence-corrected chi connectivity index (χ4v) is 2.61. The molecule has 0 aliphatic rings. The summed E-state index contributed by atoms with van der Waals surface area (Å²) in [7, 11) is -4.69. The number of carbonyl (C=O) groups is 1. The van der Waals surface area contributed by atoms with Crippen LogP contribution in [0.3, 0.4) is 0 Å². The summed E-state index contributed by atoms with van der Waals surface area (Å²) < 4.78 is 64.4. The summed E-state index contributed by atoms with van der Waals surface area (Å²) in [6, 6.07) is 7.91. The van der Waals surface area contributed by atoms with Gasteiger partial charge in [-0.3, -0.25) is 10.2 Å². The Morgan fingerprint density at radius 1 is 1.04 bits per heavy atom. The van der Waals surface area contributed by atoms with E-state index in [4.69, 9.17) is 0 Å². The first-order valence-corrected chi connectivity index (χ1v) is 7.73. The number of hydrogen-bond acceptors (Lipinski definition) is 3. The molecule has 0 atom stereocenters. The molecule has 0 radical (unpaired) electrons. The van der Waals surface area contributed by atoms with Crippen molar-refractivity contribution in [2.45, 2.75) is 11.8 Å². The second-order valence-electron chi connectivity index (χ2n) is 4.54. The molecular formula is C14H11F3N2O3S. The van der Waals surface area contributed by atoms with Crippen molar-refractivity contribution in [3.05, 3.63) is 65.0 Å². The molecule has 0 heterocycles. The lowest BCUT2D eigenvalue weighted by Crippen LogP contribution is -2.42. The molecule has 0 aliphatic carbocycles. The van der Waals surface area contributed by atoms with E-state index in [1.165, 1.54) is 12.1 Å². The molecule has 0 spiro atoms. The molecule has 2 aromatic rings. The number of hydrogen-bond donors (Lipinski definition) is 2. The zero-order valence-corrected chi connectivity index (χ0v) is 12.5. The maximum absolute atomic E-state index is 13.7. The van der Waals surface area contributed by atoms with Crippen LogP contribution >= 0.6 is 0 Å². The van der Waals surface area contributed by atoms with Gasteiger partial charge in [-0.05, 0) is 25.1 Å². The fraction of sp³-hybridized carbons (Fsp3) is 0.0714. The standard InChI is InChI=1S/C14H11F3N2O3S/c1-8-10(15)7-11(13(17)12(8)16)23(21,22)19-18-14(20)9-5-3-2-4-6-9/h2-7,19H,1H3,(H,18,20). The molecule has 2 N–H and O–H groups in total. The van der Waals surface area contributed by atoms with Crippen molar-refractivity contribution in [2.24, 2.45) is 0 Å². The zero-order chi connectivity index (χ0) is 17.2. The van der Waals surface area contributed by atoms with Gasteiger partial charge in [0.25, 0.3) is 15.9 Å². The summed E-state index contributed by atoms with van der Waals surface area (Å²) in [5, 5.41) is 0. The quantitative estimate of drug-likeness (QED) is 0.658. The largest absolute Gasteiger partial charge is 0.273 e. The molecule has 2 aromatic carbocycles. The first kappa shape index (κ1) is 17.0. The lowest BCUT2D eigenvalue weighted by molar-refractivity contribution is 0.0945. The number of hydrazine groups is 1. The third-order valence-electron chi connectivity index (χ3n) is 2.98. The Kier molecular flexibility index (Phi) is 4.71. The predicted molar refractivity (Wildman–Crippen MR) is 75.3 cm³/mol. The van der Waals surface area contributed by atoms with Gasteiger partial charge in [-0.25, -0.2) is 21.6 Å². The summed E-state index contributed by atoms with van der Waals surface area (Å²) in [5.41, 5.74) is 1.32. The van der Waals surface area contributed by atoms with Crippen molar-refractivity contribution in [3.8, 4) is 0 Å². The molecule has 0 aliphatic heterocycles. The molecule has 5 nitrogen and oxygen atoms in total. The minimum atomic E-state index is -4.69. The SMILES string of the molecule is Cc1c(F)cc(S(=O)(=O)NNC(=O)c2ccccc2)c(F)c1F. The Balaban J connectivity index is 2.25. The maximum atomic E-state index is 13.7. The van der Waals surface area contributed by atoms with Gasteiger partial charge in [-0.15, -0.1) is 4.83 Å². The third-order valence-corrected chi connectivity index (χ3v) is 4.23. The number of carbonyl (C=O) groups excluding carboxylic acids is 1. The van der Waals surface area contributed by atoms with E-state index < -0.39 is 43.8 Å². The summed E-state index contributed by atoms with van der Waals surface area (Å²) in [5.74, 6) is -5.38. The summed E-state index contributed by atoms with van der Waals surface area (Å²) >= 11 is 0. The van der Waals surface area contributed by atoms with Crippen molar-refractivity contribution >= 4 is 15.9 Å². The zero-order valence-electron chi connectivity index (χ0n) is 11.7. The summed E-state index contributed by atoms with van der Waals surface area (Å²) in [6.07, 6.45) is 0. The van der Waals surface area contributed by atoms with Gasteiger partial charge in [0.05, 0.1) is 0 Å². The molecule has 0 unspecified atom stereocenters. The molecular weight excluding hydrogens is 333 g/mol. The molecule has 0 saturated heterocycles. The molecule has 2 rings (SSSR count). The van der Waals surface area contributed by atoms with Crippen LogP contribution in [-0.2, 0) is 10.0 Å². The smallest absolute Gasteiger partial charge is 0.266 e. The van der Waals surface area contributed by atoms with E-state index >= 15 is 0 Å². The lowest BCUT2D eigenvalue weighted by atomic mass is 10.2. The first-order valence-electron chi connectivity index (χ1n) is 6.25. The van der Waals surface area contributed by atoms with Gasteiger partial charge in [0.1, 0.15) is 10.7 Å². The van der Waals surface area contributed by atoms with Gasteiger partial charge in [-0.2, -0.15) is 0 Å². The van der Waals surface area contributed by atoms with Crippen molar-refractivity contribution in [2.75, 3.05) is 0 Å². The number of benzene rings is 2. The van der Waals surface area contributed by atoms with Crippen molar-refractivity contribution in [1.82, 2.24) is 10.3 Å². The van der Waals surface area contributed by atoms with Crippen LogP contribution in [-0.4, -0.2) is 14.3 Å². The average Bonchev–Trinajstić information content (AvgIpc) is 2.54. The van der Waals surface area contributed by atoms with E-state index in [0.717, 1.165) is 6.92 Å². The normalized spacial score (nSPS) is 11.3. The number of halogens is 3. The topological polar surface area (TPSA) is 75.3 Å². The van der Waals surface area contributed by atoms with Crippen LogP contribution in [0, 0.1) is 24.4 Å². The first-order chi connectivity index (χ1) is 10.7. The van der Waals surface area contributed by atoms with Crippen LogP contribution < -0.4 is 10.3 Å². The van der Waals surface area contributed by atoms with Crippen LogP contribution in [0.4, 0.5) is 13.2 Å². The van der Waals surface area contributed by atoms with E-state index in [0.29, 0.717) is 6.07 Å². The Morgan fingerprint density at radius 3 is 2.26 bits per heavy atom. The van der Waals surface area contributed by atoms with E-state index in [1.807, 2.05) is 5.43 Å². The third kappa shape index (κ3) is 3.51. The minimum absolute atomic E-state index is 0.136. The second-order valence-corrected chi connectivity index (χ2v) is 6.19. The Hall–Kier alpha value is -2.39. The lowest BCUT2D eigenvalue weighted by Gasteiger charge is -2.11.